The summed E-state index contributed by atoms with van der Waals surface area (Å²) in [5, 5.41) is 0. The van der Waals surface area contributed by atoms with Gasteiger partial charge in [0.1, 0.15) is 6.33 Å². The first kappa shape index (κ1) is 14.3. The topological polar surface area (TPSA) is 29.0 Å². The van der Waals surface area contributed by atoms with E-state index in [0.29, 0.717) is 0 Å². The number of hydrogen-bond donors (Lipinski definition) is 0. The van der Waals surface area contributed by atoms with Crippen molar-refractivity contribution in [2.24, 2.45) is 5.41 Å². The number of nitrogens with zero attached hydrogens (tertiary/aromatic N) is 3. The smallest absolute Gasteiger partial charge is 0.115 e. The lowest BCUT2D eigenvalue weighted by Gasteiger charge is -2.25. The fraction of sp³-hybridized carbons (Fsp3) is 0.158. The standard InChI is InChI=1S/C19H19N3/c1-19(2)11-6-9-17(10-12-19)22(16-7-4-3-5-8-16)18-13-20-15-21-14-18/h3-15H,1-2H3. The minimum absolute atomic E-state index is 0.0494. The average molecular weight is 289 g/mol. The van der Waals surface area contributed by atoms with Gasteiger partial charge in [0.15, 0.2) is 0 Å². The molecular formula is C19H19N3. The Balaban J connectivity index is 2.08. The molecule has 0 radical (unpaired) electrons. The lowest BCUT2D eigenvalue weighted by Crippen LogP contribution is -2.15. The Labute approximate surface area is 131 Å². The van der Waals surface area contributed by atoms with Gasteiger partial charge in [-0.1, -0.05) is 50.3 Å². The largest absolute Gasteiger partial charge is 0.308 e. The normalized spacial score (nSPS) is 16.0. The van der Waals surface area contributed by atoms with Crippen molar-refractivity contribution in [2.45, 2.75) is 13.8 Å². The fourth-order valence-corrected chi connectivity index (χ4v) is 2.39. The van der Waals surface area contributed by atoms with Crippen LogP contribution in [0.1, 0.15) is 13.8 Å². The van der Waals surface area contributed by atoms with Crippen LogP contribution in [-0.4, -0.2) is 9.97 Å². The van der Waals surface area contributed by atoms with Crippen LogP contribution in [0.3, 0.4) is 0 Å². The van der Waals surface area contributed by atoms with E-state index in [-0.39, 0.29) is 5.41 Å². The molecule has 0 unspecified atom stereocenters. The summed E-state index contributed by atoms with van der Waals surface area (Å²) < 4.78 is 0. The second-order valence-electron chi connectivity index (χ2n) is 5.87. The van der Waals surface area contributed by atoms with Crippen molar-refractivity contribution < 1.29 is 0 Å². The molecule has 0 spiro atoms. The number of para-hydroxylation sites is 1. The van der Waals surface area contributed by atoms with Gasteiger partial charge in [0.25, 0.3) is 0 Å². The van der Waals surface area contributed by atoms with Gasteiger partial charge in [0.2, 0.25) is 0 Å². The molecule has 0 saturated heterocycles. The SMILES string of the molecule is CC1(C)C=CC=C(N(c2ccccc2)c2cncnc2)C=C1. The van der Waals surface area contributed by atoms with Crippen molar-refractivity contribution in [1.29, 1.82) is 0 Å². The van der Waals surface area contributed by atoms with Crippen molar-refractivity contribution in [2.75, 3.05) is 4.90 Å². The van der Waals surface area contributed by atoms with Crippen LogP contribution < -0.4 is 4.90 Å². The highest BCUT2D eigenvalue weighted by atomic mass is 15.2. The molecule has 0 bridgehead atoms. The average Bonchev–Trinajstić information content (AvgIpc) is 2.71. The molecule has 3 nitrogen and oxygen atoms in total. The molecule has 0 atom stereocenters. The van der Waals surface area contributed by atoms with Gasteiger partial charge in [-0.3, -0.25) is 0 Å². The highest BCUT2D eigenvalue weighted by molar-refractivity contribution is 5.69. The Bertz CT molecular complexity index is 673. The number of benzene rings is 1. The number of rotatable bonds is 3. The van der Waals surface area contributed by atoms with Crippen molar-refractivity contribution >= 4 is 11.4 Å². The maximum atomic E-state index is 4.16. The van der Waals surface area contributed by atoms with E-state index in [1.807, 2.05) is 30.6 Å². The van der Waals surface area contributed by atoms with E-state index >= 15 is 0 Å². The fourth-order valence-electron chi connectivity index (χ4n) is 2.39. The summed E-state index contributed by atoms with van der Waals surface area (Å²) in [4.78, 5) is 10.5. The molecule has 0 amide bonds. The van der Waals surface area contributed by atoms with Gasteiger partial charge in [-0.15, -0.1) is 0 Å². The molecule has 1 aliphatic rings. The predicted molar refractivity (Wildman–Crippen MR) is 90.8 cm³/mol. The Hall–Kier alpha value is -2.68. The first-order chi connectivity index (χ1) is 10.7. The van der Waals surface area contributed by atoms with Gasteiger partial charge in [-0.25, -0.2) is 9.97 Å². The molecule has 110 valence electrons. The second-order valence-corrected chi connectivity index (χ2v) is 5.87. The molecule has 0 fully saturated rings. The van der Waals surface area contributed by atoms with Gasteiger partial charge in [-0.05, 0) is 24.3 Å². The lowest BCUT2D eigenvalue weighted by molar-refractivity contribution is 0.627. The van der Waals surface area contributed by atoms with Gasteiger partial charge in [0, 0.05) is 16.8 Å². The number of anilines is 2. The van der Waals surface area contributed by atoms with Crippen LogP contribution >= 0.6 is 0 Å². The first-order valence-electron chi connectivity index (χ1n) is 7.35. The van der Waals surface area contributed by atoms with Crippen molar-refractivity contribution in [3.63, 3.8) is 0 Å². The van der Waals surface area contributed by atoms with E-state index in [4.69, 9.17) is 0 Å². The monoisotopic (exact) mass is 289 g/mol. The van der Waals surface area contributed by atoms with Gasteiger partial charge >= 0.3 is 0 Å². The van der Waals surface area contributed by atoms with Crippen molar-refractivity contribution in [3.05, 3.63) is 85.1 Å². The highest BCUT2D eigenvalue weighted by Gasteiger charge is 2.16. The maximum Gasteiger partial charge on any atom is 0.115 e. The van der Waals surface area contributed by atoms with E-state index in [0.717, 1.165) is 17.1 Å². The molecule has 0 N–H and O–H groups in total. The van der Waals surface area contributed by atoms with E-state index < -0.39 is 0 Å². The van der Waals surface area contributed by atoms with Crippen LogP contribution in [0.2, 0.25) is 0 Å². The summed E-state index contributed by atoms with van der Waals surface area (Å²) in [5.41, 5.74) is 3.16. The Morgan fingerprint density at radius 3 is 2.36 bits per heavy atom. The summed E-state index contributed by atoms with van der Waals surface area (Å²) in [5.74, 6) is 0. The Morgan fingerprint density at radius 1 is 0.909 bits per heavy atom. The lowest BCUT2D eigenvalue weighted by atomic mass is 9.93. The van der Waals surface area contributed by atoms with E-state index in [2.05, 4.69) is 71.2 Å². The maximum absolute atomic E-state index is 4.16. The molecule has 0 aliphatic heterocycles. The zero-order valence-corrected chi connectivity index (χ0v) is 12.8. The summed E-state index contributed by atoms with van der Waals surface area (Å²) >= 11 is 0. The Kier molecular flexibility index (Phi) is 3.88. The highest BCUT2D eigenvalue weighted by Crippen LogP contribution is 2.31. The van der Waals surface area contributed by atoms with Gasteiger partial charge in [-0.2, -0.15) is 0 Å². The molecule has 22 heavy (non-hydrogen) atoms. The quantitative estimate of drug-likeness (QED) is 0.823. The zero-order valence-electron chi connectivity index (χ0n) is 12.8. The van der Waals surface area contributed by atoms with Crippen LogP contribution in [0.4, 0.5) is 11.4 Å². The van der Waals surface area contributed by atoms with E-state index in [9.17, 15) is 0 Å². The van der Waals surface area contributed by atoms with Crippen LogP contribution in [0.15, 0.2) is 85.1 Å². The molecule has 1 aromatic carbocycles. The zero-order chi connectivity index (χ0) is 15.4. The Morgan fingerprint density at radius 2 is 1.64 bits per heavy atom. The summed E-state index contributed by atoms with van der Waals surface area (Å²) in [6, 6.07) is 10.3. The predicted octanol–water partition coefficient (Wildman–Crippen LogP) is 4.65. The number of allylic oxidation sites excluding steroid dienone is 5. The first-order valence-corrected chi connectivity index (χ1v) is 7.35. The number of aromatic nitrogens is 2. The molecule has 1 aromatic heterocycles. The third kappa shape index (κ3) is 3.14. The van der Waals surface area contributed by atoms with Crippen LogP contribution in [0.25, 0.3) is 0 Å². The molecule has 2 aromatic rings. The third-order valence-electron chi connectivity index (χ3n) is 3.55. The van der Waals surface area contributed by atoms with Crippen molar-refractivity contribution in [3.8, 4) is 0 Å². The second kappa shape index (κ2) is 5.98. The van der Waals surface area contributed by atoms with E-state index in [1.165, 1.54) is 0 Å². The molecule has 3 heteroatoms. The number of hydrogen-bond acceptors (Lipinski definition) is 3. The van der Waals surface area contributed by atoms with Crippen LogP contribution in [0, 0.1) is 5.41 Å². The molecule has 3 rings (SSSR count). The third-order valence-corrected chi connectivity index (χ3v) is 3.55. The molecular weight excluding hydrogens is 270 g/mol. The van der Waals surface area contributed by atoms with E-state index in [1.54, 1.807) is 6.33 Å². The molecule has 0 saturated carbocycles. The van der Waals surface area contributed by atoms with Gasteiger partial charge in [0.05, 0.1) is 18.1 Å². The molecule has 1 aliphatic carbocycles. The summed E-state index contributed by atoms with van der Waals surface area (Å²) in [6.45, 7) is 4.38. The van der Waals surface area contributed by atoms with Crippen molar-refractivity contribution in [1.82, 2.24) is 9.97 Å². The summed E-state index contributed by atoms with van der Waals surface area (Å²) in [7, 11) is 0. The van der Waals surface area contributed by atoms with Crippen LogP contribution in [0.5, 0.6) is 0 Å². The minimum atomic E-state index is 0.0494. The van der Waals surface area contributed by atoms with Crippen LogP contribution in [-0.2, 0) is 0 Å². The minimum Gasteiger partial charge on any atom is -0.308 e. The van der Waals surface area contributed by atoms with Gasteiger partial charge < -0.3 is 4.90 Å². The molecule has 1 heterocycles. The summed E-state index contributed by atoms with van der Waals surface area (Å²) in [6.07, 6.45) is 16.0.